The topological polar surface area (TPSA) is 81.0 Å². The van der Waals surface area contributed by atoms with Gasteiger partial charge in [-0.25, -0.2) is 4.98 Å². The van der Waals surface area contributed by atoms with E-state index in [4.69, 9.17) is 5.73 Å². The summed E-state index contributed by atoms with van der Waals surface area (Å²) in [6, 6.07) is 5.06. The van der Waals surface area contributed by atoms with Gasteiger partial charge in [0.2, 0.25) is 0 Å². The van der Waals surface area contributed by atoms with Gasteiger partial charge in [0, 0.05) is 30.1 Å². The zero-order valence-electron chi connectivity index (χ0n) is 12.3. The molecule has 0 bridgehead atoms. The lowest BCUT2D eigenvalue weighted by Gasteiger charge is -2.14. The van der Waals surface area contributed by atoms with Gasteiger partial charge in [-0.05, 0) is 24.3 Å². The first-order valence-electron chi connectivity index (χ1n) is 6.91. The molecule has 124 valence electrons. The van der Waals surface area contributed by atoms with E-state index in [-0.39, 0.29) is 24.1 Å². The van der Waals surface area contributed by atoms with Crippen LogP contribution in [0.1, 0.15) is 25.1 Å². The van der Waals surface area contributed by atoms with Crippen LogP contribution in [0.3, 0.4) is 0 Å². The lowest BCUT2D eigenvalue weighted by molar-refractivity contribution is -0.274. The lowest BCUT2D eigenvalue weighted by Crippen LogP contribution is -2.27. The van der Waals surface area contributed by atoms with E-state index in [1.54, 1.807) is 6.20 Å². The predicted octanol–water partition coefficient (Wildman–Crippen LogP) is 3.00. The van der Waals surface area contributed by atoms with E-state index in [0.717, 1.165) is 6.29 Å². The molecular weight excluding hydrogens is 311 g/mol. The number of ether oxygens (including phenoxy) is 1. The van der Waals surface area contributed by atoms with Crippen molar-refractivity contribution in [1.82, 2.24) is 9.97 Å². The predicted molar refractivity (Wildman–Crippen MR) is 77.8 cm³/mol. The molecule has 8 heteroatoms. The molecule has 0 aliphatic rings. The van der Waals surface area contributed by atoms with Gasteiger partial charge < -0.3 is 20.2 Å². The molecule has 0 amide bonds. The van der Waals surface area contributed by atoms with Gasteiger partial charge in [-0.2, -0.15) is 0 Å². The zero-order chi connectivity index (χ0) is 17.0. The van der Waals surface area contributed by atoms with E-state index < -0.39 is 6.36 Å². The first-order chi connectivity index (χ1) is 10.8. The number of carbonyl (C=O) groups is 1. The third kappa shape index (κ3) is 4.56. The molecule has 0 aliphatic heterocycles. The van der Waals surface area contributed by atoms with Crippen LogP contribution in [0.25, 0.3) is 11.3 Å². The van der Waals surface area contributed by atoms with Crippen LogP contribution in [0, 0.1) is 0 Å². The average molecular weight is 327 g/mol. The third-order valence-corrected chi connectivity index (χ3v) is 3.42. The summed E-state index contributed by atoms with van der Waals surface area (Å²) in [6.07, 6.45) is -2.10. The number of rotatable bonds is 6. The molecule has 0 aliphatic carbocycles. The number of H-pyrrole nitrogens is 1. The highest BCUT2D eigenvalue weighted by atomic mass is 19.4. The molecule has 3 N–H and O–H groups in total. The zero-order valence-corrected chi connectivity index (χ0v) is 12.3. The largest absolute Gasteiger partial charge is 0.573 e. The third-order valence-electron chi connectivity index (χ3n) is 3.42. The minimum absolute atomic E-state index is 0.151. The number of nitrogens with one attached hydrogen (secondary N) is 1. The second-order valence-electron chi connectivity index (χ2n) is 5.10. The van der Waals surface area contributed by atoms with E-state index in [1.807, 2.05) is 6.92 Å². The quantitative estimate of drug-likeness (QED) is 0.799. The normalized spacial score (nSPS) is 14.3. The molecule has 0 saturated heterocycles. The number of hydrogen-bond acceptors (Lipinski definition) is 4. The van der Waals surface area contributed by atoms with Crippen molar-refractivity contribution in [1.29, 1.82) is 0 Å². The summed E-state index contributed by atoms with van der Waals surface area (Å²) in [6.45, 7) is 1.84. The van der Waals surface area contributed by atoms with E-state index in [0.29, 0.717) is 17.1 Å². The minimum atomic E-state index is -4.72. The van der Waals surface area contributed by atoms with Crippen LogP contribution in [0.2, 0.25) is 0 Å². The molecule has 1 aromatic carbocycles. The van der Waals surface area contributed by atoms with Crippen molar-refractivity contribution < 1.29 is 22.7 Å². The van der Waals surface area contributed by atoms with Crippen molar-refractivity contribution in [2.24, 2.45) is 5.73 Å². The van der Waals surface area contributed by atoms with Crippen molar-refractivity contribution >= 4 is 6.29 Å². The number of benzene rings is 1. The Bertz CT molecular complexity index is 653. The maximum absolute atomic E-state index is 12.1. The summed E-state index contributed by atoms with van der Waals surface area (Å²) in [7, 11) is 0. The Morgan fingerprint density at radius 3 is 2.57 bits per heavy atom. The fourth-order valence-corrected chi connectivity index (χ4v) is 2.06. The highest BCUT2D eigenvalue weighted by Gasteiger charge is 2.31. The summed E-state index contributed by atoms with van der Waals surface area (Å²) >= 11 is 0. The number of imidazole rings is 1. The monoisotopic (exact) mass is 327 g/mol. The highest BCUT2D eigenvalue weighted by Crippen LogP contribution is 2.27. The summed E-state index contributed by atoms with van der Waals surface area (Å²) in [5, 5.41) is 0. The second-order valence-corrected chi connectivity index (χ2v) is 5.10. The first-order valence-corrected chi connectivity index (χ1v) is 6.91. The molecule has 1 heterocycles. The molecule has 0 spiro atoms. The Hall–Kier alpha value is -2.35. The number of halogens is 3. The number of hydrogen-bond donors (Lipinski definition) is 2. The van der Waals surface area contributed by atoms with Crippen molar-refractivity contribution in [3.05, 3.63) is 36.3 Å². The average Bonchev–Trinajstić information content (AvgIpc) is 2.95. The van der Waals surface area contributed by atoms with Crippen LogP contribution in [-0.4, -0.2) is 28.7 Å². The molecule has 0 fully saturated rings. The number of alkyl halides is 3. The van der Waals surface area contributed by atoms with Crippen LogP contribution in [0.5, 0.6) is 5.75 Å². The van der Waals surface area contributed by atoms with Gasteiger partial charge >= 0.3 is 6.36 Å². The summed E-state index contributed by atoms with van der Waals surface area (Å²) in [5.74, 6) is 0.171. The number of nitrogens with zero attached hydrogens (tertiary/aromatic N) is 1. The Kier molecular flexibility index (Phi) is 5.05. The van der Waals surface area contributed by atoms with E-state index >= 15 is 0 Å². The molecule has 5 nitrogen and oxygen atoms in total. The highest BCUT2D eigenvalue weighted by molar-refractivity contribution is 5.59. The summed E-state index contributed by atoms with van der Waals surface area (Å²) in [4.78, 5) is 17.9. The molecule has 23 heavy (non-hydrogen) atoms. The number of aromatic nitrogens is 2. The molecule has 0 radical (unpaired) electrons. The maximum atomic E-state index is 12.1. The molecule has 2 aromatic rings. The fraction of sp³-hybridized carbons (Fsp3) is 0.333. The van der Waals surface area contributed by atoms with E-state index in [9.17, 15) is 18.0 Å². The minimum Gasteiger partial charge on any atom is -0.406 e. The molecule has 2 rings (SSSR count). The lowest BCUT2D eigenvalue weighted by atomic mass is 10.00. The Labute approximate surface area is 130 Å². The van der Waals surface area contributed by atoms with Gasteiger partial charge in [-0.15, -0.1) is 13.2 Å². The van der Waals surface area contributed by atoms with Crippen molar-refractivity contribution in [3.8, 4) is 17.0 Å². The van der Waals surface area contributed by atoms with Crippen LogP contribution in [0.15, 0.2) is 30.5 Å². The van der Waals surface area contributed by atoms with Gasteiger partial charge in [-0.1, -0.05) is 6.92 Å². The molecule has 2 atom stereocenters. The van der Waals surface area contributed by atoms with Crippen LogP contribution in [0.4, 0.5) is 13.2 Å². The molecule has 1 aromatic heterocycles. The Morgan fingerprint density at radius 2 is 2.00 bits per heavy atom. The van der Waals surface area contributed by atoms with Gasteiger partial charge in [-0.3, -0.25) is 0 Å². The Morgan fingerprint density at radius 1 is 1.35 bits per heavy atom. The molecular formula is C15H16F3N3O2. The standard InChI is InChI=1S/C15H16F3N3O2/c1-9(12(19)6-7-22)14-20-8-13(21-14)10-2-4-11(5-3-10)23-15(16,17)18/h2-5,7-9,12H,6,19H2,1H3,(H,20,21)/t9-,12?/m0/s1. The Balaban J connectivity index is 2.12. The second kappa shape index (κ2) is 6.82. The van der Waals surface area contributed by atoms with E-state index in [1.165, 1.54) is 24.3 Å². The number of aldehydes is 1. The fourth-order valence-electron chi connectivity index (χ4n) is 2.06. The number of nitrogens with two attached hydrogens (primary N) is 1. The van der Waals surface area contributed by atoms with Gasteiger partial charge in [0.25, 0.3) is 0 Å². The van der Waals surface area contributed by atoms with Crippen LogP contribution >= 0.6 is 0 Å². The smallest absolute Gasteiger partial charge is 0.406 e. The van der Waals surface area contributed by atoms with Crippen molar-refractivity contribution in [2.75, 3.05) is 0 Å². The SMILES string of the molecule is C[C@H](c1nc(-c2ccc(OC(F)(F)F)cc2)c[nH]1)C(N)CC=O. The number of carbonyl (C=O) groups excluding carboxylic acids is 1. The van der Waals surface area contributed by atoms with Crippen molar-refractivity contribution in [2.45, 2.75) is 31.7 Å². The summed E-state index contributed by atoms with van der Waals surface area (Å²) < 4.78 is 40.2. The van der Waals surface area contributed by atoms with Crippen LogP contribution < -0.4 is 10.5 Å². The van der Waals surface area contributed by atoms with Gasteiger partial charge in [0.15, 0.2) is 0 Å². The van der Waals surface area contributed by atoms with Crippen LogP contribution in [-0.2, 0) is 4.79 Å². The summed E-state index contributed by atoms with van der Waals surface area (Å²) in [5.41, 5.74) is 7.08. The van der Waals surface area contributed by atoms with Gasteiger partial charge in [0.05, 0.1) is 5.69 Å². The first kappa shape index (κ1) is 17.0. The van der Waals surface area contributed by atoms with E-state index in [2.05, 4.69) is 14.7 Å². The molecule has 0 saturated carbocycles. The van der Waals surface area contributed by atoms with Gasteiger partial charge in [0.1, 0.15) is 17.9 Å². The maximum Gasteiger partial charge on any atom is 0.573 e. The van der Waals surface area contributed by atoms with Crippen molar-refractivity contribution in [3.63, 3.8) is 0 Å². The molecule has 1 unspecified atom stereocenters. The number of aromatic amines is 1.